The van der Waals surface area contributed by atoms with Gasteiger partial charge in [0.25, 0.3) is 0 Å². The first kappa shape index (κ1) is 10.2. The van der Waals surface area contributed by atoms with E-state index in [1.807, 2.05) is 0 Å². The van der Waals surface area contributed by atoms with Gasteiger partial charge in [-0.1, -0.05) is 0 Å². The van der Waals surface area contributed by atoms with Crippen LogP contribution in [0, 0.1) is 0 Å². The van der Waals surface area contributed by atoms with Gasteiger partial charge in [-0.25, -0.2) is 13.2 Å². The lowest BCUT2D eigenvalue weighted by Crippen LogP contribution is -2.02. The van der Waals surface area contributed by atoms with Crippen LogP contribution < -0.4 is 0 Å². The zero-order chi connectivity index (χ0) is 9.07. The van der Waals surface area contributed by atoms with Crippen molar-refractivity contribution in [1.29, 1.82) is 0 Å². The molecule has 0 aromatic heterocycles. The number of sulfone groups is 1. The Labute approximate surface area is 65.8 Å². The van der Waals surface area contributed by atoms with E-state index in [1.54, 1.807) is 0 Å². The van der Waals surface area contributed by atoms with E-state index in [9.17, 15) is 13.2 Å². The minimum absolute atomic E-state index is 0.00403. The number of hydrogen-bond donors (Lipinski definition) is 0. The molecule has 64 valence electrons. The van der Waals surface area contributed by atoms with Gasteiger partial charge in [-0.3, -0.25) is 0 Å². The van der Waals surface area contributed by atoms with Crippen LogP contribution in [0.15, 0.2) is 11.0 Å². The molecule has 0 unspecified atom stereocenters. The van der Waals surface area contributed by atoms with E-state index in [2.05, 4.69) is 4.74 Å². The summed E-state index contributed by atoms with van der Waals surface area (Å²) in [4.78, 5) is 10.5. The molecule has 11 heavy (non-hydrogen) atoms. The van der Waals surface area contributed by atoms with E-state index in [4.69, 9.17) is 0 Å². The summed E-state index contributed by atoms with van der Waals surface area (Å²) in [5.41, 5.74) is 0. The Bertz CT molecular complexity index is 273. The molecule has 0 aromatic carbocycles. The number of rotatable bonds is 2. The highest BCUT2D eigenvalue weighted by molar-refractivity contribution is 7.94. The normalized spacial score (nSPS) is 12.8. The van der Waals surface area contributed by atoms with Gasteiger partial charge in [0.2, 0.25) is 0 Å². The van der Waals surface area contributed by atoms with Crippen LogP contribution in [-0.2, 0) is 19.4 Å². The van der Waals surface area contributed by atoms with Crippen molar-refractivity contribution in [2.45, 2.75) is 6.92 Å². The Balaban J connectivity index is 4.62. The fraction of sp³-hybridized carbons (Fsp3) is 0.500. The molecule has 0 rings (SSSR count). The van der Waals surface area contributed by atoms with Crippen molar-refractivity contribution in [3.05, 3.63) is 11.0 Å². The van der Waals surface area contributed by atoms with Crippen LogP contribution in [0.5, 0.6) is 0 Å². The lowest BCUT2D eigenvalue weighted by molar-refractivity contribution is -0.134. The van der Waals surface area contributed by atoms with Crippen molar-refractivity contribution < 1.29 is 17.9 Å². The molecule has 0 heterocycles. The minimum atomic E-state index is -3.25. The van der Waals surface area contributed by atoms with E-state index < -0.39 is 15.8 Å². The molecule has 0 radical (unpaired) electrons. The maximum atomic E-state index is 10.7. The van der Waals surface area contributed by atoms with Gasteiger partial charge >= 0.3 is 5.97 Å². The Morgan fingerprint density at radius 3 is 2.18 bits per heavy atom. The minimum Gasteiger partial charge on any atom is -0.466 e. The van der Waals surface area contributed by atoms with Crippen LogP contribution in [0.25, 0.3) is 0 Å². The number of ether oxygens (including phenoxy) is 1. The van der Waals surface area contributed by atoms with Gasteiger partial charge in [-0.2, -0.15) is 0 Å². The summed E-state index contributed by atoms with van der Waals surface area (Å²) in [5.74, 6) is -0.659. The average molecular weight is 178 g/mol. The summed E-state index contributed by atoms with van der Waals surface area (Å²) in [7, 11) is -2.06. The number of hydrogen-bond acceptors (Lipinski definition) is 4. The van der Waals surface area contributed by atoms with Gasteiger partial charge in [0.05, 0.1) is 7.11 Å². The van der Waals surface area contributed by atoms with Gasteiger partial charge in [0, 0.05) is 17.2 Å². The summed E-state index contributed by atoms with van der Waals surface area (Å²) < 4.78 is 25.6. The molecule has 4 nitrogen and oxygen atoms in total. The van der Waals surface area contributed by atoms with E-state index in [-0.39, 0.29) is 4.91 Å². The lowest BCUT2D eigenvalue weighted by Gasteiger charge is -1.95. The zero-order valence-electron chi connectivity index (χ0n) is 6.62. The fourth-order valence-electron chi connectivity index (χ4n) is 0.332. The summed E-state index contributed by atoms with van der Waals surface area (Å²) in [6.07, 6.45) is 1.97. The Morgan fingerprint density at radius 1 is 1.45 bits per heavy atom. The molecule has 5 heteroatoms. The molecule has 0 aliphatic rings. The summed E-state index contributed by atoms with van der Waals surface area (Å²) in [5, 5.41) is 0. The number of allylic oxidation sites excluding steroid dienone is 1. The molecule has 0 aliphatic heterocycles. The quantitative estimate of drug-likeness (QED) is 0.444. The van der Waals surface area contributed by atoms with Gasteiger partial charge < -0.3 is 4.74 Å². The summed E-state index contributed by atoms with van der Waals surface area (Å²) in [6, 6.07) is 0. The number of esters is 1. The second-order valence-corrected chi connectivity index (χ2v) is 4.24. The Kier molecular flexibility index (Phi) is 3.25. The molecular weight excluding hydrogens is 168 g/mol. The molecule has 0 N–H and O–H groups in total. The third kappa shape index (κ3) is 3.77. The van der Waals surface area contributed by atoms with Crippen molar-refractivity contribution >= 4 is 15.8 Å². The van der Waals surface area contributed by atoms with Gasteiger partial charge in [0.15, 0.2) is 9.84 Å². The summed E-state index contributed by atoms with van der Waals surface area (Å²) >= 11 is 0. The molecule has 0 amide bonds. The van der Waals surface area contributed by atoms with Gasteiger partial charge in [-0.05, 0) is 6.92 Å². The lowest BCUT2D eigenvalue weighted by atomic mass is 10.5. The highest BCUT2D eigenvalue weighted by Crippen LogP contribution is 2.01. The van der Waals surface area contributed by atoms with E-state index >= 15 is 0 Å². The van der Waals surface area contributed by atoms with E-state index in [1.165, 1.54) is 14.0 Å². The molecule has 0 saturated carbocycles. The number of carbonyl (C=O) groups is 1. The smallest absolute Gasteiger partial charge is 0.331 e. The van der Waals surface area contributed by atoms with Gasteiger partial charge in [-0.15, -0.1) is 0 Å². The maximum absolute atomic E-state index is 10.7. The van der Waals surface area contributed by atoms with Crippen molar-refractivity contribution in [3.8, 4) is 0 Å². The van der Waals surface area contributed by atoms with Crippen molar-refractivity contribution in [2.24, 2.45) is 0 Å². The molecule has 0 bridgehead atoms. The molecular formula is C6H10O4S. The maximum Gasteiger partial charge on any atom is 0.331 e. The second kappa shape index (κ2) is 3.52. The monoisotopic (exact) mass is 178 g/mol. The fourth-order valence-corrected chi connectivity index (χ4v) is 0.642. The largest absolute Gasteiger partial charge is 0.466 e. The molecule has 0 saturated heterocycles. The predicted molar refractivity (Wildman–Crippen MR) is 40.6 cm³/mol. The summed E-state index contributed by atoms with van der Waals surface area (Å²) in [6.45, 7) is 1.34. The topological polar surface area (TPSA) is 60.4 Å². The van der Waals surface area contributed by atoms with E-state index in [0.717, 1.165) is 12.3 Å². The van der Waals surface area contributed by atoms with Crippen LogP contribution in [0.1, 0.15) is 6.92 Å². The predicted octanol–water partition coefficient (Wildman–Crippen LogP) is 0.108. The molecule has 0 spiro atoms. The zero-order valence-corrected chi connectivity index (χ0v) is 7.44. The highest BCUT2D eigenvalue weighted by Gasteiger charge is 2.06. The third-order valence-electron chi connectivity index (χ3n) is 1.11. The van der Waals surface area contributed by atoms with Crippen molar-refractivity contribution in [2.75, 3.05) is 13.4 Å². The first-order chi connectivity index (χ1) is 4.88. The highest BCUT2D eigenvalue weighted by atomic mass is 32.2. The first-order valence-corrected chi connectivity index (χ1v) is 4.73. The average Bonchev–Trinajstić information content (AvgIpc) is 1.85. The van der Waals surface area contributed by atoms with Crippen LogP contribution in [0.2, 0.25) is 0 Å². The van der Waals surface area contributed by atoms with Crippen LogP contribution in [0.4, 0.5) is 0 Å². The van der Waals surface area contributed by atoms with Gasteiger partial charge in [0.1, 0.15) is 0 Å². The van der Waals surface area contributed by atoms with E-state index in [0.29, 0.717) is 0 Å². The standard InChI is InChI=1S/C6H10O4S/c1-5(11(3,8)9)4-6(7)10-2/h4H,1-3H3. The second-order valence-electron chi connectivity index (χ2n) is 2.05. The SMILES string of the molecule is COC(=O)C=C(C)S(C)(=O)=O. The molecule has 0 atom stereocenters. The van der Waals surface area contributed by atoms with Crippen molar-refractivity contribution in [1.82, 2.24) is 0 Å². The Hall–Kier alpha value is -0.840. The van der Waals surface area contributed by atoms with Crippen LogP contribution >= 0.6 is 0 Å². The Morgan fingerprint density at radius 2 is 1.91 bits per heavy atom. The third-order valence-corrected chi connectivity index (χ3v) is 2.39. The number of methoxy groups -OCH3 is 1. The van der Waals surface area contributed by atoms with Crippen LogP contribution in [-0.4, -0.2) is 27.8 Å². The molecule has 0 aliphatic carbocycles. The van der Waals surface area contributed by atoms with Crippen molar-refractivity contribution in [3.63, 3.8) is 0 Å². The number of carbonyl (C=O) groups excluding carboxylic acids is 1. The molecule has 0 fully saturated rings. The van der Waals surface area contributed by atoms with Crippen LogP contribution in [0.3, 0.4) is 0 Å². The first-order valence-electron chi connectivity index (χ1n) is 2.84. The molecule has 0 aromatic rings.